The monoisotopic (exact) mass is 278 g/mol. The van der Waals surface area contributed by atoms with Crippen molar-refractivity contribution in [2.45, 2.75) is 12.8 Å². The molecule has 0 atom stereocenters. The van der Waals surface area contributed by atoms with E-state index in [9.17, 15) is 23.4 Å². The van der Waals surface area contributed by atoms with Gasteiger partial charge in [0.05, 0.1) is 0 Å². The summed E-state index contributed by atoms with van der Waals surface area (Å²) in [5, 5.41) is 27.2. The zero-order valence-corrected chi connectivity index (χ0v) is 9.72. The van der Waals surface area contributed by atoms with Crippen LogP contribution in [0.2, 0.25) is 0 Å². The molecule has 8 nitrogen and oxygen atoms in total. The largest absolute Gasteiger partial charge is 0.504 e. The number of hydrogen-bond acceptors (Lipinski definition) is 6. The number of aromatic hydroxyl groups is 2. The van der Waals surface area contributed by atoms with Gasteiger partial charge in [-0.15, -0.1) is 0 Å². The van der Waals surface area contributed by atoms with Gasteiger partial charge in [0.25, 0.3) is 0 Å². The molecule has 0 saturated carbocycles. The lowest BCUT2D eigenvalue weighted by molar-refractivity contribution is -0.136. The summed E-state index contributed by atoms with van der Waals surface area (Å²) in [6.07, 6.45) is -0.194. The maximum Gasteiger partial charge on any atom is 0.446 e. The molecule has 1 aromatic carbocycles. The Labute approximate surface area is 102 Å². The van der Waals surface area contributed by atoms with Gasteiger partial charge in [0.1, 0.15) is 0 Å². The number of aliphatic carboxylic acids is 1. The molecule has 4 N–H and O–H groups in total. The molecule has 0 radical (unpaired) electrons. The standard InChI is InChI=1S/C9H10O8S/c10-6-3-5(1-2-8(12)13)4-7(11)9(6)17-18(14,15)16/h3-4,10-11H,1-2H2,(H,12,13)(H,14,15,16). The van der Waals surface area contributed by atoms with Crippen LogP contribution in [0, 0.1) is 0 Å². The summed E-state index contributed by atoms with van der Waals surface area (Å²) in [6, 6.07) is 2.06. The van der Waals surface area contributed by atoms with Crippen LogP contribution in [0.3, 0.4) is 0 Å². The van der Waals surface area contributed by atoms with Gasteiger partial charge in [-0.2, -0.15) is 8.42 Å². The Morgan fingerprint density at radius 3 is 2.11 bits per heavy atom. The van der Waals surface area contributed by atoms with Crippen molar-refractivity contribution < 1.29 is 37.3 Å². The summed E-state index contributed by atoms with van der Waals surface area (Å²) in [6.45, 7) is 0. The Hall–Kier alpha value is -2.00. The van der Waals surface area contributed by atoms with E-state index >= 15 is 0 Å². The fraction of sp³-hybridized carbons (Fsp3) is 0.222. The average Bonchev–Trinajstić information content (AvgIpc) is 2.19. The minimum atomic E-state index is -4.87. The minimum absolute atomic E-state index is 0.0304. The first kappa shape index (κ1) is 14.1. The summed E-state index contributed by atoms with van der Waals surface area (Å²) < 4.78 is 33.2. The van der Waals surface area contributed by atoms with Crippen molar-refractivity contribution in [3.63, 3.8) is 0 Å². The van der Waals surface area contributed by atoms with Gasteiger partial charge in [-0.3, -0.25) is 9.35 Å². The first-order valence-electron chi connectivity index (χ1n) is 4.62. The Kier molecular flexibility index (Phi) is 3.99. The van der Waals surface area contributed by atoms with Crippen LogP contribution in [0.4, 0.5) is 0 Å². The highest BCUT2D eigenvalue weighted by atomic mass is 32.3. The van der Waals surface area contributed by atoms with Crippen molar-refractivity contribution >= 4 is 16.4 Å². The Bertz CT molecular complexity index is 539. The third-order valence-corrected chi connectivity index (χ3v) is 2.30. The van der Waals surface area contributed by atoms with Gasteiger partial charge in [0.2, 0.25) is 5.75 Å². The van der Waals surface area contributed by atoms with Crippen molar-refractivity contribution in [3.8, 4) is 17.2 Å². The van der Waals surface area contributed by atoms with Crippen LogP contribution in [0.5, 0.6) is 17.2 Å². The molecule has 0 heterocycles. The maximum absolute atomic E-state index is 10.4. The number of phenols is 2. The number of aryl methyl sites for hydroxylation is 1. The molecule has 9 heteroatoms. The van der Waals surface area contributed by atoms with Crippen molar-refractivity contribution in [2.24, 2.45) is 0 Å². The molecule has 0 aliphatic carbocycles. The van der Waals surface area contributed by atoms with Crippen LogP contribution in [0.15, 0.2) is 12.1 Å². The summed E-state index contributed by atoms with van der Waals surface area (Å²) in [5.41, 5.74) is 0.273. The van der Waals surface area contributed by atoms with Gasteiger partial charge < -0.3 is 19.5 Å². The van der Waals surface area contributed by atoms with Gasteiger partial charge in [-0.1, -0.05) is 0 Å². The van der Waals surface area contributed by atoms with Crippen LogP contribution in [-0.4, -0.2) is 34.3 Å². The minimum Gasteiger partial charge on any atom is -0.504 e. The van der Waals surface area contributed by atoms with Gasteiger partial charge in [0.15, 0.2) is 11.5 Å². The number of rotatable bonds is 5. The van der Waals surface area contributed by atoms with E-state index in [1.807, 2.05) is 0 Å². The second-order valence-electron chi connectivity index (χ2n) is 3.37. The quantitative estimate of drug-likeness (QED) is 0.563. The summed E-state index contributed by atoms with van der Waals surface area (Å²) in [5.74, 6) is -3.34. The SMILES string of the molecule is O=C(O)CCc1cc(O)c(OS(=O)(=O)O)c(O)c1. The predicted octanol–water partition coefficient (Wildman–Crippen LogP) is 0.297. The van der Waals surface area contributed by atoms with Gasteiger partial charge in [-0.25, -0.2) is 0 Å². The van der Waals surface area contributed by atoms with E-state index in [-0.39, 0.29) is 18.4 Å². The second-order valence-corrected chi connectivity index (χ2v) is 4.39. The zero-order valence-electron chi connectivity index (χ0n) is 8.90. The fourth-order valence-electron chi connectivity index (χ4n) is 1.24. The van der Waals surface area contributed by atoms with E-state index < -0.39 is 33.6 Å². The maximum atomic E-state index is 10.4. The molecule has 0 aliphatic heterocycles. The number of phenolic OH excluding ortho intramolecular Hbond substituents is 2. The van der Waals surface area contributed by atoms with E-state index in [1.165, 1.54) is 0 Å². The van der Waals surface area contributed by atoms with Crippen LogP contribution in [0.1, 0.15) is 12.0 Å². The molecule has 1 aromatic rings. The molecule has 1 rings (SSSR count). The first-order chi connectivity index (χ1) is 8.19. The topological polar surface area (TPSA) is 141 Å². The summed E-state index contributed by atoms with van der Waals surface area (Å²) in [7, 11) is -4.87. The number of carboxylic acids is 1. The first-order valence-corrected chi connectivity index (χ1v) is 5.99. The fourth-order valence-corrected chi connectivity index (χ4v) is 1.62. The van der Waals surface area contributed by atoms with Crippen molar-refractivity contribution in [1.82, 2.24) is 0 Å². The van der Waals surface area contributed by atoms with Crippen molar-refractivity contribution in [2.75, 3.05) is 0 Å². The highest BCUT2D eigenvalue weighted by molar-refractivity contribution is 7.81. The molecule has 0 bridgehead atoms. The molecule has 0 aliphatic rings. The van der Waals surface area contributed by atoms with Crippen LogP contribution in [0.25, 0.3) is 0 Å². The molecule has 0 spiro atoms. The van der Waals surface area contributed by atoms with Crippen molar-refractivity contribution in [1.29, 1.82) is 0 Å². The van der Waals surface area contributed by atoms with E-state index in [0.29, 0.717) is 0 Å². The van der Waals surface area contributed by atoms with E-state index in [4.69, 9.17) is 9.66 Å². The van der Waals surface area contributed by atoms with E-state index in [1.54, 1.807) is 0 Å². The Balaban J connectivity index is 3.01. The van der Waals surface area contributed by atoms with Gasteiger partial charge in [0, 0.05) is 6.42 Å². The Morgan fingerprint density at radius 1 is 1.22 bits per heavy atom. The highest BCUT2D eigenvalue weighted by Crippen LogP contribution is 2.37. The molecule has 18 heavy (non-hydrogen) atoms. The third kappa shape index (κ3) is 4.11. The molecule has 0 fully saturated rings. The number of carbonyl (C=O) groups is 1. The number of hydrogen-bond donors (Lipinski definition) is 4. The molecule has 0 unspecified atom stereocenters. The van der Waals surface area contributed by atoms with Gasteiger partial charge >= 0.3 is 16.4 Å². The Morgan fingerprint density at radius 2 is 1.72 bits per heavy atom. The summed E-state index contributed by atoms with van der Waals surface area (Å²) >= 11 is 0. The molecule has 100 valence electrons. The van der Waals surface area contributed by atoms with Crippen molar-refractivity contribution in [3.05, 3.63) is 17.7 Å². The summed E-state index contributed by atoms with van der Waals surface area (Å²) in [4.78, 5) is 10.3. The second kappa shape index (κ2) is 5.10. The normalized spacial score (nSPS) is 11.2. The zero-order chi connectivity index (χ0) is 13.9. The third-order valence-electron chi connectivity index (χ3n) is 1.93. The lowest BCUT2D eigenvalue weighted by Gasteiger charge is -2.08. The molecule has 0 aromatic heterocycles. The molecule has 0 saturated heterocycles. The van der Waals surface area contributed by atoms with Crippen LogP contribution >= 0.6 is 0 Å². The van der Waals surface area contributed by atoms with E-state index in [0.717, 1.165) is 12.1 Å². The lowest BCUT2D eigenvalue weighted by atomic mass is 10.1. The molecular formula is C9H10O8S. The van der Waals surface area contributed by atoms with Crippen LogP contribution in [-0.2, 0) is 21.6 Å². The predicted molar refractivity (Wildman–Crippen MR) is 57.9 cm³/mol. The van der Waals surface area contributed by atoms with E-state index in [2.05, 4.69) is 4.18 Å². The number of carboxylic acid groups (broad SMARTS) is 1. The van der Waals surface area contributed by atoms with Crippen LogP contribution < -0.4 is 4.18 Å². The average molecular weight is 278 g/mol. The highest BCUT2D eigenvalue weighted by Gasteiger charge is 2.17. The number of benzene rings is 1. The van der Waals surface area contributed by atoms with Gasteiger partial charge in [-0.05, 0) is 24.1 Å². The smallest absolute Gasteiger partial charge is 0.446 e. The lowest BCUT2D eigenvalue weighted by Crippen LogP contribution is -2.07. The molecular weight excluding hydrogens is 268 g/mol. The molecule has 0 amide bonds.